The number of rotatable bonds is 1. The fourth-order valence-electron chi connectivity index (χ4n) is 0.614. The molecule has 0 amide bonds. The Kier molecular flexibility index (Phi) is 6.83. The van der Waals surface area contributed by atoms with Gasteiger partial charge in [0, 0.05) is 0 Å². The first-order valence-electron chi connectivity index (χ1n) is 3.86. The summed E-state index contributed by atoms with van der Waals surface area (Å²) >= 11 is 2.98. The van der Waals surface area contributed by atoms with Crippen molar-refractivity contribution in [3.8, 4) is 0 Å². The molecule has 0 aliphatic carbocycles. The van der Waals surface area contributed by atoms with Gasteiger partial charge in [0.05, 0.1) is 3.58 Å². The molecule has 1 heterocycles. The van der Waals surface area contributed by atoms with Gasteiger partial charge >= 0.3 is 44.5 Å². The Morgan fingerprint density at radius 1 is 1.71 bits per heavy atom. The van der Waals surface area contributed by atoms with Crippen LogP contribution in [0.3, 0.4) is 0 Å². The number of hydrogen-bond donors (Lipinski definition) is 1. The van der Waals surface area contributed by atoms with E-state index in [9.17, 15) is 13.2 Å². The minimum Gasteiger partial charge on any atom is -0.432 e. The fourth-order valence-corrected chi connectivity index (χ4v) is 2.60. The van der Waals surface area contributed by atoms with Crippen molar-refractivity contribution >= 4 is 66.6 Å². The minimum atomic E-state index is -4.35. The summed E-state index contributed by atoms with van der Waals surface area (Å²) in [5.74, 6) is -0.961. The van der Waals surface area contributed by atoms with Gasteiger partial charge in [-0.3, -0.25) is 4.55 Å². The van der Waals surface area contributed by atoms with E-state index in [1.165, 1.54) is 31.6 Å². The smallest absolute Gasteiger partial charge is 0.336 e. The molecule has 1 rings (SSSR count). The van der Waals surface area contributed by atoms with Crippen molar-refractivity contribution in [2.24, 2.45) is 0 Å². The molecule has 1 N–H and O–H groups in total. The van der Waals surface area contributed by atoms with Crippen LogP contribution in [0.2, 0.25) is 3.67 Å². The van der Waals surface area contributed by atoms with E-state index in [1.807, 2.05) is 0 Å². The van der Waals surface area contributed by atoms with Crippen LogP contribution in [0.1, 0.15) is 6.92 Å². The maximum Gasteiger partial charge on any atom is 0.336 e. The largest absolute Gasteiger partial charge is 0.432 e. The first kappa shape index (κ1) is 14.8. The summed E-state index contributed by atoms with van der Waals surface area (Å²) in [6, 6.07) is 0. The topological polar surface area (TPSA) is 80.7 Å². The summed E-state index contributed by atoms with van der Waals surface area (Å²) in [6.45, 7) is 2.19. The Morgan fingerprint density at radius 3 is 2.29 bits per heavy atom. The van der Waals surface area contributed by atoms with Gasteiger partial charge in [-0.2, -0.15) is 8.42 Å². The van der Waals surface area contributed by atoms with Gasteiger partial charge in [0.1, 0.15) is 6.26 Å². The zero-order chi connectivity index (χ0) is 11.4. The second-order valence-electron chi connectivity index (χ2n) is 2.54. The monoisotopic (exact) mass is 342 g/mol. The molecule has 0 spiro atoms. The van der Waals surface area contributed by atoms with Gasteiger partial charge in [0.2, 0.25) is 5.25 Å². The van der Waals surface area contributed by atoms with E-state index in [1.54, 1.807) is 22.6 Å². The Balaban J connectivity index is 0.000000500. The molecule has 1 unspecified atom stereocenters. The predicted molar refractivity (Wildman–Crippen MR) is 59.8 cm³/mol. The van der Waals surface area contributed by atoms with E-state index in [0.717, 1.165) is 6.26 Å². The van der Waals surface area contributed by atoms with Crippen molar-refractivity contribution in [2.45, 2.75) is 15.8 Å². The van der Waals surface area contributed by atoms with Crippen LogP contribution in [0.15, 0.2) is 9.84 Å². The molecular formula is C6H8INaO5S. The van der Waals surface area contributed by atoms with E-state index in [4.69, 9.17) is 4.55 Å². The molecule has 76 valence electrons. The van der Waals surface area contributed by atoms with E-state index in [0.29, 0.717) is 0 Å². The van der Waals surface area contributed by atoms with Crippen LogP contribution in [-0.2, 0) is 19.6 Å². The van der Waals surface area contributed by atoms with Crippen LogP contribution >= 0.6 is 22.6 Å². The third-order valence-corrected chi connectivity index (χ3v) is 3.39. The third kappa shape index (κ3) is 4.58. The van der Waals surface area contributed by atoms with Gasteiger partial charge in [-0.1, -0.05) is 0 Å². The summed E-state index contributed by atoms with van der Waals surface area (Å²) < 4.78 is 35.2. The van der Waals surface area contributed by atoms with Crippen molar-refractivity contribution < 1.29 is 22.5 Å². The fraction of sp³-hybridized carbons (Fsp3) is 0.500. The van der Waals surface area contributed by atoms with Crippen LogP contribution < -0.4 is 0 Å². The summed E-state index contributed by atoms with van der Waals surface area (Å²) in [5.41, 5.74) is 0. The van der Waals surface area contributed by atoms with E-state index >= 15 is 0 Å². The average molecular weight is 342 g/mol. The van der Waals surface area contributed by atoms with Crippen LogP contribution in [0.4, 0.5) is 0 Å². The zero-order valence-electron chi connectivity index (χ0n) is 7.73. The third-order valence-electron chi connectivity index (χ3n) is 1.05. The van der Waals surface area contributed by atoms with E-state index in [-0.39, 0.29) is 3.58 Å². The second-order valence-corrected chi connectivity index (χ2v) is 6.70. The minimum absolute atomic E-state index is 0.162. The molecule has 14 heavy (non-hydrogen) atoms. The molecule has 0 saturated carbocycles. The zero-order valence-corrected chi connectivity index (χ0v) is 12.7. The summed E-state index contributed by atoms with van der Waals surface area (Å²) in [7, 11) is -4.35. The predicted octanol–water partition coefficient (Wildman–Crippen LogP) is 0.669. The molecule has 0 aromatic carbocycles. The Hall–Kier alpha value is 0.850. The van der Waals surface area contributed by atoms with Crippen LogP contribution in [0.5, 0.6) is 0 Å². The van der Waals surface area contributed by atoms with Gasteiger partial charge in [-0.25, -0.2) is 4.79 Å². The quantitative estimate of drug-likeness (QED) is 0.328. The van der Waals surface area contributed by atoms with Crippen molar-refractivity contribution in [1.29, 1.82) is 0 Å². The molecule has 0 aromatic rings. The number of carbonyl (C=O) groups excluding carboxylic acids is 1. The van der Waals surface area contributed by atoms with Gasteiger partial charge in [-0.05, 0) is 22.6 Å². The maximum absolute atomic E-state index is 10.6. The van der Waals surface area contributed by atoms with Crippen molar-refractivity contribution in [2.75, 3.05) is 0 Å². The summed E-state index contributed by atoms with van der Waals surface area (Å²) in [4.78, 5) is 10.6. The second kappa shape index (κ2) is 6.44. The van der Waals surface area contributed by atoms with Gasteiger partial charge < -0.3 is 4.74 Å². The van der Waals surface area contributed by atoms with Crippen LogP contribution in [0, 0.1) is 0 Å². The van der Waals surface area contributed by atoms with Crippen molar-refractivity contribution in [1.82, 2.24) is 0 Å². The van der Waals surface area contributed by atoms with Crippen LogP contribution in [-0.4, -0.2) is 52.1 Å². The summed E-state index contributed by atoms with van der Waals surface area (Å²) in [6.07, 6.45) is 1.00. The molecule has 1 aliphatic heterocycles. The Bertz CT molecular complexity index is 336. The Morgan fingerprint density at radius 2 is 2.14 bits per heavy atom. The number of carbonyl (C=O) groups is 1. The number of hydrogen-bond acceptors (Lipinski definition) is 4. The van der Waals surface area contributed by atoms with Crippen molar-refractivity contribution in [3.05, 3.63) is 9.84 Å². The van der Waals surface area contributed by atoms with Crippen LogP contribution in [0.25, 0.3) is 0 Å². The summed E-state index contributed by atoms with van der Waals surface area (Å²) in [5, 5.41) is -1.54. The molecule has 8 heteroatoms. The first-order valence-corrected chi connectivity index (χ1v) is 7.86. The maximum atomic E-state index is 10.6. The SMILES string of the molecule is C[CH2][Na].O=C1OC=C(I)C1S(=O)(=O)O. The van der Waals surface area contributed by atoms with Crippen molar-refractivity contribution in [3.63, 3.8) is 0 Å². The molecular weight excluding hydrogens is 334 g/mol. The molecule has 0 saturated heterocycles. The molecule has 0 radical (unpaired) electrons. The molecule has 0 fully saturated rings. The number of esters is 1. The van der Waals surface area contributed by atoms with E-state index < -0.39 is 21.3 Å². The molecule has 0 aromatic heterocycles. The normalized spacial score (nSPS) is 20.8. The number of halogens is 1. The number of cyclic esters (lactones) is 1. The van der Waals surface area contributed by atoms with Gasteiger partial charge in [0.25, 0.3) is 10.1 Å². The molecule has 5 nitrogen and oxygen atoms in total. The average Bonchev–Trinajstić information content (AvgIpc) is 2.30. The van der Waals surface area contributed by atoms with Gasteiger partial charge in [0.15, 0.2) is 0 Å². The number of ether oxygens (including phenoxy) is 1. The van der Waals surface area contributed by atoms with Gasteiger partial charge in [-0.15, -0.1) is 0 Å². The molecule has 1 atom stereocenters. The standard InChI is InChI=1S/C4H3IO5S.C2H5.Na/c5-2-1-10-4(6)3(2)11(7,8)9;1-2;/h1,3H,(H,7,8,9);1H2,2H3;. The molecule has 0 bridgehead atoms. The van der Waals surface area contributed by atoms with E-state index in [2.05, 4.69) is 11.7 Å². The Labute approximate surface area is 114 Å². The first-order chi connectivity index (χ1) is 6.34. The molecule has 1 aliphatic rings.